The number of nitrogens with one attached hydrogen (secondary N) is 3. The lowest BCUT2D eigenvalue weighted by atomic mass is 10.0. The predicted octanol–water partition coefficient (Wildman–Crippen LogP) is 6.38. The van der Waals surface area contributed by atoms with Crippen molar-refractivity contribution in [2.24, 2.45) is 0 Å². The summed E-state index contributed by atoms with van der Waals surface area (Å²) in [5.74, 6) is -0.575. The van der Waals surface area contributed by atoms with Crippen LogP contribution >= 0.6 is 34.5 Å². The van der Waals surface area contributed by atoms with E-state index in [0.717, 1.165) is 30.7 Å². The Bertz CT molecular complexity index is 1220. The van der Waals surface area contributed by atoms with Gasteiger partial charge in [-0.05, 0) is 59.0 Å². The van der Waals surface area contributed by atoms with Crippen LogP contribution in [0.5, 0.6) is 0 Å². The second-order valence-electron chi connectivity index (χ2n) is 7.60. The molecule has 3 amide bonds. The molecule has 6 nitrogen and oxygen atoms in total. The number of pyridine rings is 1. The molecular formula is C22H17Cl2F3N4O2S. The quantitative estimate of drug-likeness (QED) is 0.324. The molecule has 178 valence electrons. The minimum Gasteiger partial charge on any atom is -0.350 e. The molecule has 1 saturated carbocycles. The zero-order valence-corrected chi connectivity index (χ0v) is 19.6. The lowest BCUT2D eigenvalue weighted by molar-refractivity contribution is -0.141. The van der Waals surface area contributed by atoms with Crippen molar-refractivity contribution in [3.8, 4) is 11.1 Å². The van der Waals surface area contributed by atoms with Gasteiger partial charge in [0, 0.05) is 23.5 Å². The molecule has 12 heteroatoms. The van der Waals surface area contributed by atoms with Gasteiger partial charge in [0.15, 0.2) is 0 Å². The minimum atomic E-state index is -4.65. The number of hydrogen-bond acceptors (Lipinski definition) is 4. The number of carbonyl (C=O) groups excluding carboxylic acids is 2. The Kier molecular flexibility index (Phi) is 6.75. The fraction of sp³-hybridized carbons (Fsp3) is 0.227. The molecule has 0 bridgehead atoms. The van der Waals surface area contributed by atoms with Gasteiger partial charge in [-0.15, -0.1) is 0 Å². The lowest BCUT2D eigenvalue weighted by Gasteiger charge is -2.21. The third-order valence-corrected chi connectivity index (χ3v) is 6.43. The summed E-state index contributed by atoms with van der Waals surface area (Å²) in [6.45, 7) is 0. The first-order valence-corrected chi connectivity index (χ1v) is 11.7. The molecule has 0 unspecified atom stereocenters. The van der Waals surface area contributed by atoms with E-state index in [0.29, 0.717) is 5.56 Å². The number of nitrogens with zero attached hydrogens (tertiary/aromatic N) is 1. The summed E-state index contributed by atoms with van der Waals surface area (Å²) < 4.78 is 36.8. The molecule has 4 rings (SSSR count). The van der Waals surface area contributed by atoms with Crippen LogP contribution in [-0.2, 0) is 15.3 Å². The van der Waals surface area contributed by atoms with E-state index in [2.05, 4.69) is 20.9 Å². The van der Waals surface area contributed by atoms with Gasteiger partial charge >= 0.3 is 12.2 Å². The van der Waals surface area contributed by atoms with Gasteiger partial charge in [-0.3, -0.25) is 9.78 Å². The maximum atomic E-state index is 12.9. The first-order valence-electron chi connectivity index (χ1n) is 10.0. The van der Waals surface area contributed by atoms with Gasteiger partial charge < -0.3 is 16.0 Å². The minimum absolute atomic E-state index is 0.0415. The Morgan fingerprint density at radius 2 is 1.82 bits per heavy atom. The maximum absolute atomic E-state index is 12.9. The average Bonchev–Trinajstić information content (AvgIpc) is 3.42. The standard InChI is InChI=1S/C22H17Cl2F3N4O2S/c23-21(24,19(32)29-14-2-3-14)13-1-4-16(12-6-8-34-11-12)17(9-13)31-20(33)30-15-5-7-28-18(10-15)22(25,26)27/h1,4-11,14H,2-3H2,(H,29,32)(H2,28,30,31,33). The highest BCUT2D eigenvalue weighted by Gasteiger charge is 2.39. The Morgan fingerprint density at radius 1 is 1.06 bits per heavy atom. The van der Waals surface area contributed by atoms with E-state index in [1.165, 1.54) is 23.5 Å². The maximum Gasteiger partial charge on any atom is 0.433 e. The zero-order valence-electron chi connectivity index (χ0n) is 17.2. The van der Waals surface area contributed by atoms with E-state index in [-0.39, 0.29) is 23.0 Å². The van der Waals surface area contributed by atoms with Crippen LogP contribution in [0.4, 0.5) is 29.3 Å². The molecule has 0 radical (unpaired) electrons. The SMILES string of the molecule is O=C(Nc1ccnc(C(F)(F)F)c1)Nc1cc(C(Cl)(Cl)C(=O)NC2CC2)ccc1-c1ccsc1. The van der Waals surface area contributed by atoms with Gasteiger partial charge in [-0.2, -0.15) is 24.5 Å². The Balaban J connectivity index is 1.60. The van der Waals surface area contributed by atoms with Gasteiger partial charge in [0.25, 0.3) is 5.91 Å². The lowest BCUT2D eigenvalue weighted by Crippen LogP contribution is -2.37. The highest BCUT2D eigenvalue weighted by atomic mass is 35.5. The van der Waals surface area contributed by atoms with Crippen LogP contribution in [0.2, 0.25) is 0 Å². The normalized spacial score (nSPS) is 13.9. The van der Waals surface area contributed by atoms with Crippen molar-refractivity contribution < 1.29 is 22.8 Å². The van der Waals surface area contributed by atoms with E-state index in [4.69, 9.17) is 23.2 Å². The summed E-state index contributed by atoms with van der Waals surface area (Å²) >= 11 is 14.2. The summed E-state index contributed by atoms with van der Waals surface area (Å²) in [6.07, 6.45) is -2.00. The van der Waals surface area contributed by atoms with Crippen molar-refractivity contribution in [3.63, 3.8) is 0 Å². The fourth-order valence-corrected chi connectivity index (χ4v) is 4.10. The first-order chi connectivity index (χ1) is 16.0. The molecule has 3 aromatic rings. The van der Waals surface area contributed by atoms with E-state index >= 15 is 0 Å². The van der Waals surface area contributed by atoms with Crippen LogP contribution in [0, 0.1) is 0 Å². The van der Waals surface area contributed by atoms with Crippen LogP contribution in [0.15, 0.2) is 53.4 Å². The number of anilines is 2. The van der Waals surface area contributed by atoms with Crippen molar-refractivity contribution in [1.82, 2.24) is 10.3 Å². The highest BCUT2D eigenvalue weighted by molar-refractivity contribution is 7.08. The summed E-state index contributed by atoms with van der Waals surface area (Å²) in [7, 11) is 0. The van der Waals surface area contributed by atoms with Gasteiger partial charge in [0.1, 0.15) is 5.69 Å². The van der Waals surface area contributed by atoms with E-state index in [1.54, 1.807) is 12.1 Å². The Hall–Kier alpha value is -2.82. The summed E-state index contributed by atoms with van der Waals surface area (Å²) in [4.78, 5) is 28.5. The molecule has 34 heavy (non-hydrogen) atoms. The number of benzene rings is 1. The van der Waals surface area contributed by atoms with Crippen molar-refractivity contribution in [1.29, 1.82) is 0 Å². The third-order valence-electron chi connectivity index (χ3n) is 4.97. The van der Waals surface area contributed by atoms with Gasteiger partial charge in [-0.25, -0.2) is 4.79 Å². The number of halogens is 5. The number of amides is 3. The van der Waals surface area contributed by atoms with Crippen LogP contribution in [-0.4, -0.2) is 23.0 Å². The van der Waals surface area contributed by atoms with Gasteiger partial charge in [0.05, 0.1) is 5.69 Å². The average molecular weight is 529 g/mol. The molecule has 0 spiro atoms. The molecule has 2 aromatic heterocycles. The highest BCUT2D eigenvalue weighted by Crippen LogP contribution is 2.40. The molecule has 1 fully saturated rings. The van der Waals surface area contributed by atoms with Gasteiger partial charge in [0.2, 0.25) is 4.33 Å². The number of thiophene rings is 1. The van der Waals surface area contributed by atoms with Crippen molar-refractivity contribution in [2.75, 3.05) is 10.6 Å². The molecule has 1 aromatic carbocycles. The van der Waals surface area contributed by atoms with Crippen LogP contribution in [0.25, 0.3) is 11.1 Å². The molecule has 3 N–H and O–H groups in total. The van der Waals surface area contributed by atoms with Gasteiger partial charge in [-0.1, -0.05) is 35.3 Å². The van der Waals surface area contributed by atoms with Crippen molar-refractivity contribution in [2.45, 2.75) is 29.4 Å². The first kappa shape index (κ1) is 24.3. The topological polar surface area (TPSA) is 83.1 Å². The summed E-state index contributed by atoms with van der Waals surface area (Å²) in [6, 6.07) is 7.73. The van der Waals surface area contributed by atoms with Crippen molar-refractivity contribution in [3.05, 3.63) is 64.6 Å². The van der Waals surface area contributed by atoms with E-state index in [9.17, 15) is 22.8 Å². The molecule has 2 heterocycles. The monoisotopic (exact) mass is 528 g/mol. The summed E-state index contributed by atoms with van der Waals surface area (Å²) in [5.41, 5.74) is 0.655. The largest absolute Gasteiger partial charge is 0.433 e. The number of carbonyl (C=O) groups is 2. The number of rotatable bonds is 6. The molecule has 1 aliphatic carbocycles. The van der Waals surface area contributed by atoms with E-state index < -0.39 is 28.1 Å². The van der Waals surface area contributed by atoms with Crippen LogP contribution < -0.4 is 16.0 Å². The Morgan fingerprint density at radius 3 is 2.47 bits per heavy atom. The van der Waals surface area contributed by atoms with Crippen LogP contribution in [0.1, 0.15) is 24.1 Å². The molecule has 0 atom stereocenters. The molecule has 1 aliphatic rings. The number of aromatic nitrogens is 1. The zero-order chi connectivity index (χ0) is 24.5. The van der Waals surface area contributed by atoms with Crippen molar-refractivity contribution >= 4 is 57.9 Å². The molecule has 0 aliphatic heterocycles. The molecular weight excluding hydrogens is 512 g/mol. The van der Waals surface area contributed by atoms with Crippen LogP contribution in [0.3, 0.4) is 0 Å². The predicted molar refractivity (Wildman–Crippen MR) is 126 cm³/mol. The second kappa shape index (κ2) is 9.44. The molecule has 0 saturated heterocycles. The third kappa shape index (κ3) is 5.63. The summed E-state index contributed by atoms with van der Waals surface area (Å²) in [5, 5.41) is 11.4. The number of hydrogen-bond donors (Lipinski definition) is 3. The number of alkyl halides is 5. The van der Waals surface area contributed by atoms with E-state index in [1.807, 2.05) is 16.8 Å². The fourth-order valence-electron chi connectivity index (χ4n) is 3.10. The second-order valence-corrected chi connectivity index (χ2v) is 9.71. The Labute approximate surface area is 206 Å². The smallest absolute Gasteiger partial charge is 0.350 e. The number of urea groups is 1.